The Balaban J connectivity index is 1.47. The minimum atomic E-state index is -0.373. The van der Waals surface area contributed by atoms with Crippen molar-refractivity contribution in [2.24, 2.45) is 0 Å². The van der Waals surface area contributed by atoms with E-state index in [0.717, 1.165) is 29.0 Å². The number of carbonyl (C=O) groups is 1. The smallest absolute Gasteiger partial charge is 0.352 e. The summed E-state index contributed by atoms with van der Waals surface area (Å²) in [6, 6.07) is 17.1. The molecule has 0 radical (unpaired) electrons. The van der Waals surface area contributed by atoms with Gasteiger partial charge in [0.2, 0.25) is 5.91 Å². The molecule has 0 saturated carbocycles. The van der Waals surface area contributed by atoms with Gasteiger partial charge >= 0.3 is 5.69 Å². The summed E-state index contributed by atoms with van der Waals surface area (Å²) in [7, 11) is 1.62. The summed E-state index contributed by atoms with van der Waals surface area (Å²) in [5, 5.41) is 4.42. The summed E-state index contributed by atoms with van der Waals surface area (Å²) < 4.78 is 7.84. The van der Waals surface area contributed by atoms with Crippen LogP contribution in [0.1, 0.15) is 11.4 Å². The fourth-order valence-electron chi connectivity index (χ4n) is 4.02. The number of carbonyl (C=O) groups excluding carboxylic acids is 1. The Morgan fingerprint density at radius 2 is 1.90 bits per heavy atom. The largest absolute Gasteiger partial charge is 0.497 e. The number of amides is 1. The van der Waals surface area contributed by atoms with Crippen molar-refractivity contribution in [2.45, 2.75) is 19.9 Å². The molecule has 0 unspecified atom stereocenters. The first-order valence-corrected chi connectivity index (χ1v) is 10.0. The van der Waals surface area contributed by atoms with E-state index >= 15 is 0 Å². The van der Waals surface area contributed by atoms with E-state index in [-0.39, 0.29) is 18.1 Å². The average Bonchev–Trinajstić information content (AvgIpc) is 3.35. The van der Waals surface area contributed by atoms with Gasteiger partial charge in [-0.2, -0.15) is 0 Å². The number of para-hydroxylation sites is 1. The summed E-state index contributed by atoms with van der Waals surface area (Å²) >= 11 is 0. The molecule has 1 aliphatic heterocycles. The number of aryl methyl sites for hydroxylation is 1. The summed E-state index contributed by atoms with van der Waals surface area (Å²) in [5.41, 5.74) is 3.72. The quantitative estimate of drug-likeness (QED) is 0.511. The lowest BCUT2D eigenvalue weighted by Crippen LogP contribution is -2.36. The maximum atomic E-state index is 12.9. The first-order chi connectivity index (χ1) is 15.0. The van der Waals surface area contributed by atoms with E-state index in [4.69, 9.17) is 4.74 Å². The van der Waals surface area contributed by atoms with Crippen LogP contribution < -0.4 is 15.3 Å². The van der Waals surface area contributed by atoms with Gasteiger partial charge in [0, 0.05) is 23.9 Å². The molecule has 31 heavy (non-hydrogen) atoms. The number of hydrogen-bond donors (Lipinski definition) is 0. The molecule has 156 valence electrons. The summed E-state index contributed by atoms with van der Waals surface area (Å²) in [5.74, 6) is 1.11. The van der Waals surface area contributed by atoms with Crippen molar-refractivity contribution in [1.29, 1.82) is 0 Å². The molecular weight excluding hydrogens is 394 g/mol. The molecular formula is C23H21N5O3. The van der Waals surface area contributed by atoms with Gasteiger partial charge in [0.25, 0.3) is 0 Å². The third-order valence-corrected chi connectivity index (χ3v) is 5.60. The fraction of sp³-hybridized carbons (Fsp3) is 0.217. The van der Waals surface area contributed by atoms with Gasteiger partial charge in [-0.15, -0.1) is 5.10 Å². The van der Waals surface area contributed by atoms with Crippen molar-refractivity contribution >= 4 is 17.2 Å². The number of nitrogens with zero attached hydrogens (tertiary/aromatic N) is 5. The molecule has 3 heterocycles. The predicted octanol–water partition coefficient (Wildman–Crippen LogP) is 2.46. The van der Waals surface area contributed by atoms with Crippen LogP contribution in [0.15, 0.2) is 59.4 Å². The van der Waals surface area contributed by atoms with Gasteiger partial charge in [-0.05, 0) is 49.2 Å². The van der Waals surface area contributed by atoms with Crippen molar-refractivity contribution in [3.05, 3.63) is 76.5 Å². The Kier molecular flexibility index (Phi) is 4.54. The first kappa shape index (κ1) is 19.0. The Labute approximate surface area is 178 Å². The second kappa shape index (κ2) is 7.39. The number of aromatic nitrogens is 4. The molecule has 0 saturated heterocycles. The van der Waals surface area contributed by atoms with Crippen LogP contribution >= 0.6 is 0 Å². The zero-order valence-electron chi connectivity index (χ0n) is 17.3. The van der Waals surface area contributed by atoms with Crippen LogP contribution in [0.4, 0.5) is 5.69 Å². The van der Waals surface area contributed by atoms with Crippen LogP contribution in [0.25, 0.3) is 16.9 Å². The monoisotopic (exact) mass is 415 g/mol. The molecule has 5 rings (SSSR count). The molecule has 2 aromatic carbocycles. The van der Waals surface area contributed by atoms with Gasteiger partial charge in [-0.25, -0.2) is 18.9 Å². The topological polar surface area (TPSA) is 81.7 Å². The second-order valence-corrected chi connectivity index (χ2v) is 7.48. The van der Waals surface area contributed by atoms with Crippen LogP contribution in [0.5, 0.6) is 5.75 Å². The van der Waals surface area contributed by atoms with Gasteiger partial charge in [-0.1, -0.05) is 18.2 Å². The van der Waals surface area contributed by atoms with Crippen LogP contribution in [-0.4, -0.2) is 38.7 Å². The lowest BCUT2D eigenvalue weighted by Gasteiger charge is -2.16. The van der Waals surface area contributed by atoms with Gasteiger partial charge in [-0.3, -0.25) is 4.79 Å². The number of fused-ring (bicyclic) bond motifs is 2. The third kappa shape index (κ3) is 3.26. The highest BCUT2D eigenvalue weighted by molar-refractivity contribution is 5.95. The van der Waals surface area contributed by atoms with Crippen molar-refractivity contribution < 1.29 is 9.53 Å². The van der Waals surface area contributed by atoms with E-state index in [9.17, 15) is 9.59 Å². The van der Waals surface area contributed by atoms with Crippen molar-refractivity contribution in [2.75, 3.05) is 18.6 Å². The highest BCUT2D eigenvalue weighted by Crippen LogP contribution is 2.27. The van der Waals surface area contributed by atoms with E-state index in [0.29, 0.717) is 23.7 Å². The number of hydrogen-bond acceptors (Lipinski definition) is 5. The Morgan fingerprint density at radius 3 is 2.68 bits per heavy atom. The molecule has 0 fully saturated rings. The highest BCUT2D eigenvalue weighted by atomic mass is 16.5. The molecule has 8 nitrogen and oxygen atoms in total. The maximum absolute atomic E-state index is 12.9. The molecule has 0 bridgehead atoms. The predicted molar refractivity (Wildman–Crippen MR) is 116 cm³/mol. The van der Waals surface area contributed by atoms with E-state index in [2.05, 4.69) is 10.1 Å². The number of rotatable bonds is 4. The molecule has 0 atom stereocenters. The Morgan fingerprint density at radius 1 is 1.13 bits per heavy atom. The van der Waals surface area contributed by atoms with Crippen molar-refractivity contribution in [3.8, 4) is 17.0 Å². The standard InChI is InChI=1S/C23H21N5O3/c1-15-24-19(16-7-9-18(31-2)10-8-16)13-21-25-27(23(30)28(15)21)14-22(29)26-12-11-17-5-3-4-6-20(17)26/h3-10,13H,11-12,14H2,1-2H3. The Hall–Kier alpha value is -3.94. The number of methoxy groups -OCH3 is 1. The van der Waals surface area contributed by atoms with E-state index in [1.165, 1.54) is 9.08 Å². The van der Waals surface area contributed by atoms with E-state index < -0.39 is 0 Å². The van der Waals surface area contributed by atoms with Crippen LogP contribution in [0.2, 0.25) is 0 Å². The Bertz CT molecular complexity index is 1350. The van der Waals surface area contributed by atoms with Crippen LogP contribution in [-0.2, 0) is 17.8 Å². The molecule has 8 heteroatoms. The average molecular weight is 415 g/mol. The van der Waals surface area contributed by atoms with Crippen molar-refractivity contribution in [3.63, 3.8) is 0 Å². The molecule has 4 aromatic rings. The summed E-state index contributed by atoms with van der Waals surface area (Å²) in [6.45, 7) is 2.25. The SMILES string of the molecule is COc1ccc(-c2cc3nn(CC(=O)N4CCc5ccccc54)c(=O)n3c(C)n2)cc1. The van der Waals surface area contributed by atoms with Crippen LogP contribution in [0, 0.1) is 6.92 Å². The second-order valence-electron chi connectivity index (χ2n) is 7.48. The van der Waals surface area contributed by atoms with Gasteiger partial charge in [0.15, 0.2) is 5.65 Å². The maximum Gasteiger partial charge on any atom is 0.352 e. The van der Waals surface area contributed by atoms with E-state index in [1.807, 2.05) is 48.5 Å². The number of ether oxygens (including phenoxy) is 1. The van der Waals surface area contributed by atoms with Gasteiger partial charge in [0.1, 0.15) is 18.1 Å². The molecule has 0 spiro atoms. The van der Waals surface area contributed by atoms with Gasteiger partial charge in [0.05, 0.1) is 12.8 Å². The zero-order valence-corrected chi connectivity index (χ0v) is 17.3. The molecule has 1 aliphatic rings. The summed E-state index contributed by atoms with van der Waals surface area (Å²) in [6.07, 6.45) is 0.816. The zero-order chi connectivity index (χ0) is 21.5. The van der Waals surface area contributed by atoms with Gasteiger partial charge < -0.3 is 9.64 Å². The normalized spacial score (nSPS) is 12.9. The molecule has 0 N–H and O–H groups in total. The minimum absolute atomic E-state index is 0.119. The lowest BCUT2D eigenvalue weighted by atomic mass is 10.1. The number of anilines is 1. The van der Waals surface area contributed by atoms with Crippen molar-refractivity contribution in [1.82, 2.24) is 19.2 Å². The van der Waals surface area contributed by atoms with Crippen LogP contribution in [0.3, 0.4) is 0 Å². The van der Waals surface area contributed by atoms with E-state index in [1.54, 1.807) is 25.0 Å². The summed E-state index contributed by atoms with van der Waals surface area (Å²) in [4.78, 5) is 32.1. The molecule has 2 aromatic heterocycles. The first-order valence-electron chi connectivity index (χ1n) is 10.0. The fourth-order valence-corrected chi connectivity index (χ4v) is 4.02. The number of benzene rings is 2. The molecule has 1 amide bonds. The lowest BCUT2D eigenvalue weighted by molar-refractivity contribution is -0.119. The molecule has 0 aliphatic carbocycles. The minimum Gasteiger partial charge on any atom is -0.497 e. The highest BCUT2D eigenvalue weighted by Gasteiger charge is 2.25. The third-order valence-electron chi connectivity index (χ3n) is 5.60.